The van der Waals surface area contributed by atoms with Crippen molar-refractivity contribution in [3.8, 4) is 11.1 Å². The van der Waals surface area contributed by atoms with Gasteiger partial charge in [-0.3, -0.25) is 4.98 Å². The van der Waals surface area contributed by atoms with Crippen molar-refractivity contribution in [3.05, 3.63) is 60.8 Å². The van der Waals surface area contributed by atoms with Gasteiger partial charge in [0.15, 0.2) is 0 Å². The minimum Gasteiger partial charge on any atom is -0.261 e. The van der Waals surface area contributed by atoms with Gasteiger partial charge in [0.05, 0.1) is 0 Å². The van der Waals surface area contributed by atoms with Crippen LogP contribution in [0.5, 0.6) is 0 Å². The SMILES string of the molecule is [CH2]c1ccc(-c2ccc(C)nc2)cc1. The number of pyridine rings is 1. The lowest BCUT2D eigenvalue weighted by Gasteiger charge is -2.01. The third-order valence-corrected chi connectivity index (χ3v) is 2.20. The molecule has 1 aromatic carbocycles. The standard InChI is InChI=1S/C13H12N/c1-10-3-6-12(7-4-10)13-8-5-11(2)14-9-13/h3-9H,1H2,2H3. The van der Waals surface area contributed by atoms with Gasteiger partial charge in [-0.2, -0.15) is 0 Å². The second kappa shape index (κ2) is 3.62. The number of hydrogen-bond donors (Lipinski definition) is 0. The predicted molar refractivity (Wildman–Crippen MR) is 58.9 cm³/mol. The molecule has 0 bridgehead atoms. The molecular weight excluding hydrogens is 170 g/mol. The zero-order chi connectivity index (χ0) is 9.97. The van der Waals surface area contributed by atoms with E-state index in [4.69, 9.17) is 0 Å². The highest BCUT2D eigenvalue weighted by atomic mass is 14.7. The summed E-state index contributed by atoms with van der Waals surface area (Å²) in [5.41, 5.74) is 4.41. The molecule has 0 unspecified atom stereocenters. The van der Waals surface area contributed by atoms with Crippen molar-refractivity contribution in [2.75, 3.05) is 0 Å². The molecule has 69 valence electrons. The van der Waals surface area contributed by atoms with Gasteiger partial charge in [0.1, 0.15) is 0 Å². The van der Waals surface area contributed by atoms with Crippen LogP contribution >= 0.6 is 0 Å². The van der Waals surface area contributed by atoms with Crippen molar-refractivity contribution in [2.45, 2.75) is 6.92 Å². The van der Waals surface area contributed by atoms with Gasteiger partial charge in [0, 0.05) is 17.5 Å². The van der Waals surface area contributed by atoms with Gasteiger partial charge >= 0.3 is 0 Å². The Morgan fingerprint density at radius 1 is 0.929 bits per heavy atom. The molecule has 1 radical (unpaired) electrons. The van der Waals surface area contributed by atoms with E-state index in [0.717, 1.165) is 16.8 Å². The lowest BCUT2D eigenvalue weighted by atomic mass is 10.1. The quantitative estimate of drug-likeness (QED) is 0.659. The third-order valence-electron chi connectivity index (χ3n) is 2.20. The third kappa shape index (κ3) is 1.82. The summed E-state index contributed by atoms with van der Waals surface area (Å²) in [7, 11) is 0. The van der Waals surface area contributed by atoms with E-state index in [1.54, 1.807) is 0 Å². The van der Waals surface area contributed by atoms with Gasteiger partial charge in [-0.25, -0.2) is 0 Å². The second-order valence-electron chi connectivity index (χ2n) is 3.39. The van der Waals surface area contributed by atoms with E-state index in [0.29, 0.717) is 0 Å². The van der Waals surface area contributed by atoms with Crippen molar-refractivity contribution in [1.29, 1.82) is 0 Å². The summed E-state index contributed by atoms with van der Waals surface area (Å²) in [5.74, 6) is 0. The normalized spacial score (nSPS) is 10.1. The monoisotopic (exact) mass is 182 g/mol. The average molecular weight is 182 g/mol. The van der Waals surface area contributed by atoms with E-state index in [1.807, 2.05) is 31.3 Å². The summed E-state index contributed by atoms with van der Waals surface area (Å²) in [6, 6.07) is 12.3. The molecule has 1 heterocycles. The Kier molecular flexibility index (Phi) is 2.32. The molecule has 0 N–H and O–H groups in total. The first-order valence-electron chi connectivity index (χ1n) is 4.61. The van der Waals surface area contributed by atoms with Crippen molar-refractivity contribution in [3.63, 3.8) is 0 Å². The summed E-state index contributed by atoms with van der Waals surface area (Å²) < 4.78 is 0. The highest BCUT2D eigenvalue weighted by Gasteiger charge is 1.96. The van der Waals surface area contributed by atoms with Crippen LogP contribution in [-0.2, 0) is 0 Å². The van der Waals surface area contributed by atoms with E-state index in [2.05, 4.69) is 30.1 Å². The van der Waals surface area contributed by atoms with Gasteiger partial charge in [-0.15, -0.1) is 0 Å². The van der Waals surface area contributed by atoms with Gasteiger partial charge in [0.25, 0.3) is 0 Å². The van der Waals surface area contributed by atoms with E-state index >= 15 is 0 Å². The van der Waals surface area contributed by atoms with E-state index < -0.39 is 0 Å². The molecule has 0 aliphatic heterocycles. The minimum atomic E-state index is 1.04. The molecule has 0 saturated heterocycles. The summed E-state index contributed by atoms with van der Waals surface area (Å²) in [4.78, 5) is 4.26. The molecule has 2 aromatic rings. The van der Waals surface area contributed by atoms with Crippen LogP contribution in [0.1, 0.15) is 11.3 Å². The van der Waals surface area contributed by atoms with Crippen LogP contribution in [0.4, 0.5) is 0 Å². The van der Waals surface area contributed by atoms with Crippen molar-refractivity contribution in [1.82, 2.24) is 4.98 Å². The summed E-state index contributed by atoms with van der Waals surface area (Å²) in [5, 5.41) is 0. The Labute approximate surface area is 84.4 Å². The lowest BCUT2D eigenvalue weighted by molar-refractivity contribution is 1.20. The van der Waals surface area contributed by atoms with Crippen LogP contribution in [0.25, 0.3) is 11.1 Å². The van der Waals surface area contributed by atoms with Crippen LogP contribution < -0.4 is 0 Å². The highest BCUT2D eigenvalue weighted by molar-refractivity contribution is 5.62. The van der Waals surface area contributed by atoms with Crippen LogP contribution in [0.2, 0.25) is 0 Å². The second-order valence-corrected chi connectivity index (χ2v) is 3.39. The predicted octanol–water partition coefficient (Wildman–Crippen LogP) is 3.24. The number of rotatable bonds is 1. The first kappa shape index (κ1) is 8.95. The van der Waals surface area contributed by atoms with Gasteiger partial charge < -0.3 is 0 Å². The average Bonchev–Trinajstić information content (AvgIpc) is 2.21. The van der Waals surface area contributed by atoms with Gasteiger partial charge in [-0.1, -0.05) is 30.3 Å². The number of aromatic nitrogens is 1. The molecule has 0 amide bonds. The number of aryl methyl sites for hydroxylation is 1. The van der Waals surface area contributed by atoms with Crippen molar-refractivity contribution in [2.24, 2.45) is 0 Å². The zero-order valence-electron chi connectivity index (χ0n) is 8.20. The fourth-order valence-corrected chi connectivity index (χ4v) is 1.34. The summed E-state index contributed by atoms with van der Waals surface area (Å²) in [6.07, 6.45) is 1.90. The highest BCUT2D eigenvalue weighted by Crippen LogP contribution is 2.18. The first-order chi connectivity index (χ1) is 6.75. The number of hydrogen-bond acceptors (Lipinski definition) is 1. The van der Waals surface area contributed by atoms with Crippen LogP contribution in [0, 0.1) is 13.8 Å². The minimum absolute atomic E-state index is 1.04. The molecule has 1 aromatic heterocycles. The molecule has 1 heteroatoms. The molecule has 2 rings (SSSR count). The first-order valence-corrected chi connectivity index (χ1v) is 4.61. The number of benzene rings is 1. The molecule has 0 aliphatic carbocycles. The van der Waals surface area contributed by atoms with Crippen molar-refractivity contribution < 1.29 is 0 Å². The molecular formula is C13H12N. The maximum absolute atomic E-state index is 4.26. The van der Waals surface area contributed by atoms with Crippen LogP contribution in [-0.4, -0.2) is 4.98 Å². The Hall–Kier alpha value is -1.63. The topological polar surface area (TPSA) is 12.9 Å². The van der Waals surface area contributed by atoms with E-state index in [9.17, 15) is 0 Å². The fraction of sp³-hybridized carbons (Fsp3) is 0.0769. The van der Waals surface area contributed by atoms with Gasteiger partial charge in [0.2, 0.25) is 0 Å². The number of nitrogens with zero attached hydrogens (tertiary/aromatic N) is 1. The van der Waals surface area contributed by atoms with E-state index in [-0.39, 0.29) is 0 Å². The molecule has 0 aliphatic rings. The molecule has 0 spiro atoms. The maximum atomic E-state index is 4.26. The van der Waals surface area contributed by atoms with Gasteiger partial charge in [-0.05, 0) is 31.0 Å². The fourth-order valence-electron chi connectivity index (χ4n) is 1.34. The van der Waals surface area contributed by atoms with Crippen LogP contribution in [0.15, 0.2) is 42.6 Å². The molecule has 0 saturated carbocycles. The largest absolute Gasteiger partial charge is 0.261 e. The lowest BCUT2D eigenvalue weighted by Crippen LogP contribution is -1.82. The van der Waals surface area contributed by atoms with Crippen molar-refractivity contribution >= 4 is 0 Å². The molecule has 0 atom stereocenters. The smallest absolute Gasteiger partial charge is 0.0373 e. The summed E-state index contributed by atoms with van der Waals surface area (Å²) in [6.45, 7) is 5.84. The molecule has 1 nitrogen and oxygen atoms in total. The zero-order valence-corrected chi connectivity index (χ0v) is 8.20. The maximum Gasteiger partial charge on any atom is 0.0373 e. The molecule has 0 fully saturated rings. The molecule has 14 heavy (non-hydrogen) atoms. The van der Waals surface area contributed by atoms with E-state index in [1.165, 1.54) is 5.56 Å². The Morgan fingerprint density at radius 2 is 1.57 bits per heavy atom. The van der Waals surface area contributed by atoms with Crippen LogP contribution in [0.3, 0.4) is 0 Å². The summed E-state index contributed by atoms with van der Waals surface area (Å²) >= 11 is 0. The Morgan fingerprint density at radius 3 is 2.14 bits per heavy atom. The Bertz CT molecular complexity index is 368. The Balaban J connectivity index is 2.40.